The van der Waals surface area contributed by atoms with E-state index in [0.29, 0.717) is 25.5 Å². The van der Waals surface area contributed by atoms with Crippen LogP contribution in [0.1, 0.15) is 23.3 Å². The third-order valence-corrected chi connectivity index (χ3v) is 4.49. The molecular formula is C18H17ClN4O2. The molecule has 1 aliphatic rings. The van der Waals surface area contributed by atoms with E-state index < -0.39 is 0 Å². The van der Waals surface area contributed by atoms with Crippen LogP contribution in [0.5, 0.6) is 0 Å². The Kier molecular flexibility index (Phi) is 4.63. The first-order valence-corrected chi connectivity index (χ1v) is 8.48. The Bertz CT molecular complexity index is 840. The number of benzene rings is 1. The molecule has 6 nitrogen and oxygen atoms in total. The number of oxazole rings is 1. The topological polar surface area (TPSA) is 64.3 Å². The number of hydrogen-bond acceptors (Lipinski definition) is 6. The van der Waals surface area contributed by atoms with Crippen molar-refractivity contribution in [2.45, 2.75) is 12.5 Å². The van der Waals surface area contributed by atoms with Crippen molar-refractivity contribution in [2.24, 2.45) is 0 Å². The van der Waals surface area contributed by atoms with E-state index in [1.165, 1.54) is 0 Å². The summed E-state index contributed by atoms with van der Waals surface area (Å²) in [6.07, 6.45) is 5.41. The van der Waals surface area contributed by atoms with Crippen LogP contribution >= 0.6 is 11.6 Å². The molecule has 0 N–H and O–H groups in total. The maximum Gasteiger partial charge on any atom is 0.225 e. The van der Waals surface area contributed by atoms with Crippen LogP contribution in [0.4, 0.5) is 5.82 Å². The van der Waals surface area contributed by atoms with Gasteiger partial charge in [-0.1, -0.05) is 29.8 Å². The van der Waals surface area contributed by atoms with Crippen molar-refractivity contribution in [1.82, 2.24) is 15.0 Å². The van der Waals surface area contributed by atoms with Crippen molar-refractivity contribution in [2.75, 3.05) is 24.6 Å². The predicted octanol–water partition coefficient (Wildman–Crippen LogP) is 3.29. The molecule has 3 aromatic rings. The van der Waals surface area contributed by atoms with Crippen LogP contribution in [0, 0.1) is 0 Å². The third-order valence-electron chi connectivity index (χ3n) is 4.13. The molecule has 2 aromatic heterocycles. The first-order valence-electron chi connectivity index (χ1n) is 8.10. The molecule has 0 amide bonds. The summed E-state index contributed by atoms with van der Waals surface area (Å²) in [6, 6.07) is 9.62. The largest absolute Gasteiger partial charge is 0.442 e. The minimum atomic E-state index is -0.219. The van der Waals surface area contributed by atoms with Gasteiger partial charge in [0, 0.05) is 24.2 Å². The zero-order chi connectivity index (χ0) is 17.1. The van der Waals surface area contributed by atoms with E-state index in [4.69, 9.17) is 20.8 Å². The van der Waals surface area contributed by atoms with E-state index in [2.05, 4.69) is 19.9 Å². The fraction of sp³-hybridized carbons (Fsp3) is 0.278. The summed E-state index contributed by atoms with van der Waals surface area (Å²) in [5.74, 6) is 2.23. The summed E-state index contributed by atoms with van der Waals surface area (Å²) in [4.78, 5) is 14.8. The Labute approximate surface area is 150 Å². The van der Waals surface area contributed by atoms with Gasteiger partial charge in [-0.2, -0.15) is 0 Å². The van der Waals surface area contributed by atoms with Gasteiger partial charge in [0.25, 0.3) is 0 Å². The number of hydrogen-bond donors (Lipinski definition) is 0. The fourth-order valence-electron chi connectivity index (χ4n) is 2.86. The first-order chi connectivity index (χ1) is 12.3. The molecule has 25 heavy (non-hydrogen) atoms. The lowest BCUT2D eigenvalue weighted by Gasteiger charge is -2.32. The lowest BCUT2D eigenvalue weighted by atomic mass is 10.1. The minimum Gasteiger partial charge on any atom is -0.442 e. The van der Waals surface area contributed by atoms with E-state index in [1.807, 2.05) is 30.3 Å². The van der Waals surface area contributed by atoms with Gasteiger partial charge in [-0.05, 0) is 17.7 Å². The zero-order valence-electron chi connectivity index (χ0n) is 13.5. The molecular weight excluding hydrogens is 340 g/mol. The second kappa shape index (κ2) is 7.21. The van der Waals surface area contributed by atoms with Crippen molar-refractivity contribution in [3.63, 3.8) is 0 Å². The molecule has 0 radical (unpaired) electrons. The van der Waals surface area contributed by atoms with E-state index in [9.17, 15) is 0 Å². The smallest absolute Gasteiger partial charge is 0.225 e. The van der Waals surface area contributed by atoms with Gasteiger partial charge in [-0.15, -0.1) is 0 Å². The highest BCUT2D eigenvalue weighted by molar-refractivity contribution is 6.31. The highest BCUT2D eigenvalue weighted by Crippen LogP contribution is 2.26. The van der Waals surface area contributed by atoms with E-state index in [0.717, 1.165) is 28.7 Å². The fourth-order valence-corrected chi connectivity index (χ4v) is 3.06. The third kappa shape index (κ3) is 3.65. The van der Waals surface area contributed by atoms with Gasteiger partial charge in [0.1, 0.15) is 17.9 Å². The summed E-state index contributed by atoms with van der Waals surface area (Å²) in [6.45, 7) is 2.01. The molecule has 1 saturated heterocycles. The van der Waals surface area contributed by atoms with Crippen LogP contribution in [0.25, 0.3) is 0 Å². The number of morpholine rings is 1. The predicted molar refractivity (Wildman–Crippen MR) is 93.7 cm³/mol. The zero-order valence-corrected chi connectivity index (χ0v) is 14.3. The molecule has 3 heterocycles. The van der Waals surface area contributed by atoms with Gasteiger partial charge in [0.2, 0.25) is 5.89 Å². The van der Waals surface area contributed by atoms with Crippen molar-refractivity contribution in [3.8, 4) is 0 Å². The van der Waals surface area contributed by atoms with E-state index >= 15 is 0 Å². The van der Waals surface area contributed by atoms with E-state index in [-0.39, 0.29) is 6.10 Å². The highest BCUT2D eigenvalue weighted by Gasteiger charge is 2.26. The molecule has 4 rings (SSSR count). The average Bonchev–Trinajstić information content (AvgIpc) is 3.13. The van der Waals surface area contributed by atoms with E-state index in [1.54, 1.807) is 18.7 Å². The Balaban J connectivity index is 1.47. The van der Waals surface area contributed by atoms with Crippen molar-refractivity contribution >= 4 is 17.4 Å². The average molecular weight is 357 g/mol. The Morgan fingerprint density at radius 3 is 2.96 bits per heavy atom. The SMILES string of the molecule is Clc1ccccc1Cc1cnc([C@H]2CN(c3ccncn3)CCO2)o1. The van der Waals surface area contributed by atoms with Gasteiger partial charge < -0.3 is 14.1 Å². The second-order valence-corrected chi connectivity index (χ2v) is 6.21. The molecule has 1 fully saturated rings. The van der Waals surface area contributed by atoms with Gasteiger partial charge in [-0.25, -0.2) is 15.0 Å². The molecule has 1 atom stereocenters. The number of ether oxygens (including phenoxy) is 1. The lowest BCUT2D eigenvalue weighted by Crippen LogP contribution is -2.38. The monoisotopic (exact) mass is 356 g/mol. The molecule has 0 spiro atoms. The minimum absolute atomic E-state index is 0.219. The molecule has 0 bridgehead atoms. The summed E-state index contributed by atoms with van der Waals surface area (Å²) in [5, 5.41) is 0.726. The standard InChI is InChI=1S/C18H17ClN4O2/c19-15-4-2-1-3-13(15)9-14-10-21-18(25-14)16-11-23(7-8-24-16)17-5-6-20-12-22-17/h1-6,10,12,16H,7-9,11H2/t16-/m1/s1. The number of halogens is 1. The van der Waals surface area contributed by atoms with Gasteiger partial charge in [0.05, 0.1) is 19.3 Å². The summed E-state index contributed by atoms with van der Waals surface area (Å²) >= 11 is 6.21. The van der Waals surface area contributed by atoms with Gasteiger partial charge in [-0.3, -0.25) is 0 Å². The Hall–Kier alpha value is -2.44. The molecule has 7 heteroatoms. The molecule has 1 aromatic carbocycles. The number of anilines is 1. The lowest BCUT2D eigenvalue weighted by molar-refractivity contribution is 0.0214. The van der Waals surface area contributed by atoms with Crippen molar-refractivity contribution in [3.05, 3.63) is 71.3 Å². The maximum atomic E-state index is 6.21. The van der Waals surface area contributed by atoms with Crippen LogP contribution in [0.2, 0.25) is 5.02 Å². The maximum absolute atomic E-state index is 6.21. The number of aromatic nitrogens is 3. The number of rotatable bonds is 4. The van der Waals surface area contributed by atoms with Crippen LogP contribution < -0.4 is 4.90 Å². The molecule has 0 unspecified atom stereocenters. The van der Waals surface area contributed by atoms with Gasteiger partial charge >= 0.3 is 0 Å². The van der Waals surface area contributed by atoms with Crippen molar-refractivity contribution in [1.29, 1.82) is 0 Å². The Morgan fingerprint density at radius 2 is 2.12 bits per heavy atom. The highest BCUT2D eigenvalue weighted by atomic mass is 35.5. The van der Waals surface area contributed by atoms with Crippen LogP contribution in [0.3, 0.4) is 0 Å². The first kappa shape index (κ1) is 16.1. The molecule has 1 aliphatic heterocycles. The van der Waals surface area contributed by atoms with Gasteiger partial charge in [0.15, 0.2) is 6.10 Å². The summed E-state index contributed by atoms with van der Waals surface area (Å²) < 4.78 is 11.7. The normalized spacial score (nSPS) is 17.6. The van der Waals surface area contributed by atoms with Crippen LogP contribution in [-0.4, -0.2) is 34.6 Å². The molecule has 0 aliphatic carbocycles. The number of nitrogens with zero attached hydrogens (tertiary/aromatic N) is 4. The molecule has 0 saturated carbocycles. The quantitative estimate of drug-likeness (QED) is 0.714. The van der Waals surface area contributed by atoms with Crippen LogP contribution in [0.15, 0.2) is 53.5 Å². The van der Waals surface area contributed by atoms with Crippen molar-refractivity contribution < 1.29 is 9.15 Å². The summed E-state index contributed by atoms with van der Waals surface area (Å²) in [5.41, 5.74) is 1.01. The Morgan fingerprint density at radius 1 is 1.20 bits per heavy atom. The molecule has 128 valence electrons. The van der Waals surface area contributed by atoms with Crippen LogP contribution in [-0.2, 0) is 11.2 Å². The summed E-state index contributed by atoms with van der Waals surface area (Å²) in [7, 11) is 0. The second-order valence-electron chi connectivity index (χ2n) is 5.81.